The fourth-order valence-corrected chi connectivity index (χ4v) is 5.11. The first-order chi connectivity index (χ1) is 14.8. The Morgan fingerprint density at radius 3 is 2.55 bits per heavy atom. The van der Waals surface area contributed by atoms with Crippen LogP contribution in [0.4, 0.5) is 0 Å². The highest BCUT2D eigenvalue weighted by Crippen LogP contribution is 2.22. The summed E-state index contributed by atoms with van der Waals surface area (Å²) in [5.41, 5.74) is 1.59. The number of carbonyl (C=O) groups is 1. The summed E-state index contributed by atoms with van der Waals surface area (Å²) in [4.78, 5) is 26.0. The van der Waals surface area contributed by atoms with Crippen molar-refractivity contribution in [2.24, 2.45) is 7.05 Å². The van der Waals surface area contributed by atoms with Crippen LogP contribution in [0.25, 0.3) is 11.1 Å². The first-order valence-electron chi connectivity index (χ1n) is 9.80. The van der Waals surface area contributed by atoms with E-state index in [1.807, 2.05) is 24.3 Å². The van der Waals surface area contributed by atoms with E-state index in [0.717, 1.165) is 5.56 Å². The second-order valence-corrected chi connectivity index (χ2v) is 9.31. The van der Waals surface area contributed by atoms with Gasteiger partial charge in [-0.3, -0.25) is 9.36 Å². The molecule has 0 atom stereocenters. The summed E-state index contributed by atoms with van der Waals surface area (Å²) in [6, 6.07) is 11.7. The summed E-state index contributed by atoms with van der Waals surface area (Å²) in [5, 5.41) is 0. The predicted molar refractivity (Wildman–Crippen MR) is 113 cm³/mol. The summed E-state index contributed by atoms with van der Waals surface area (Å²) < 4.78 is 39.0. The van der Waals surface area contributed by atoms with Gasteiger partial charge in [0, 0.05) is 39.3 Å². The molecule has 31 heavy (non-hydrogen) atoms. The number of carbonyl (C=O) groups excluding carboxylic acids is 1. The van der Waals surface area contributed by atoms with E-state index in [2.05, 4.69) is 0 Å². The lowest BCUT2D eigenvalue weighted by Crippen LogP contribution is -2.50. The average molecular weight is 445 g/mol. The number of hydrogen-bond donors (Lipinski definition) is 0. The van der Waals surface area contributed by atoms with E-state index in [4.69, 9.17) is 9.15 Å². The van der Waals surface area contributed by atoms with Crippen LogP contribution in [0.2, 0.25) is 0 Å². The molecule has 9 nitrogen and oxygen atoms in total. The van der Waals surface area contributed by atoms with E-state index in [0.29, 0.717) is 24.4 Å². The van der Waals surface area contributed by atoms with Crippen LogP contribution < -0.4 is 10.5 Å². The van der Waals surface area contributed by atoms with E-state index in [9.17, 15) is 18.0 Å². The Balaban J connectivity index is 1.44. The van der Waals surface area contributed by atoms with Crippen molar-refractivity contribution < 1.29 is 22.4 Å². The Labute approximate surface area is 179 Å². The number of methoxy groups -OCH3 is 1. The van der Waals surface area contributed by atoms with Crippen molar-refractivity contribution in [3.8, 4) is 5.75 Å². The van der Waals surface area contributed by atoms with Gasteiger partial charge in [-0.15, -0.1) is 0 Å². The summed E-state index contributed by atoms with van der Waals surface area (Å²) in [6.45, 7) is 1.02. The number of amides is 1. The molecule has 1 aromatic heterocycles. The van der Waals surface area contributed by atoms with Crippen LogP contribution in [0.5, 0.6) is 5.75 Å². The predicted octanol–water partition coefficient (Wildman–Crippen LogP) is 1.22. The number of hydrogen-bond acceptors (Lipinski definition) is 6. The van der Waals surface area contributed by atoms with Crippen LogP contribution in [-0.4, -0.2) is 61.4 Å². The van der Waals surface area contributed by atoms with Crippen molar-refractivity contribution in [1.29, 1.82) is 0 Å². The fraction of sp³-hybridized carbons (Fsp3) is 0.333. The zero-order chi connectivity index (χ0) is 22.2. The van der Waals surface area contributed by atoms with Gasteiger partial charge in [-0.05, 0) is 29.8 Å². The number of aromatic nitrogens is 1. The minimum absolute atomic E-state index is 0.0576. The topological polar surface area (TPSA) is 102 Å². The number of sulfonamides is 1. The van der Waals surface area contributed by atoms with Gasteiger partial charge in [0.1, 0.15) is 5.75 Å². The van der Waals surface area contributed by atoms with Gasteiger partial charge in [-0.1, -0.05) is 12.1 Å². The number of rotatable bonds is 5. The quantitative estimate of drug-likeness (QED) is 0.585. The molecule has 3 aromatic rings. The normalized spacial score (nSPS) is 15.4. The van der Waals surface area contributed by atoms with E-state index < -0.39 is 15.8 Å². The number of oxazole rings is 1. The van der Waals surface area contributed by atoms with E-state index in [-0.39, 0.29) is 35.9 Å². The zero-order valence-electron chi connectivity index (χ0n) is 17.3. The Kier molecular flexibility index (Phi) is 5.59. The molecule has 2 aromatic carbocycles. The Morgan fingerprint density at radius 1 is 1.10 bits per heavy atom. The SMILES string of the molecule is COc1cccc(CC(=O)N2CCN(S(=O)(=O)c3ccc4c(c3)oc(=O)n4C)CC2)c1. The van der Waals surface area contributed by atoms with Crippen LogP contribution in [-0.2, 0) is 28.3 Å². The first-order valence-corrected chi connectivity index (χ1v) is 11.2. The lowest BCUT2D eigenvalue weighted by Gasteiger charge is -2.34. The molecule has 0 N–H and O–H groups in total. The number of benzene rings is 2. The highest BCUT2D eigenvalue weighted by molar-refractivity contribution is 7.89. The van der Waals surface area contributed by atoms with Gasteiger partial charge in [0.05, 0.1) is 23.9 Å². The van der Waals surface area contributed by atoms with Gasteiger partial charge in [0.2, 0.25) is 15.9 Å². The first kappa shape index (κ1) is 21.1. The highest BCUT2D eigenvalue weighted by Gasteiger charge is 2.30. The fourth-order valence-electron chi connectivity index (χ4n) is 3.67. The van der Waals surface area contributed by atoms with E-state index >= 15 is 0 Å². The van der Waals surface area contributed by atoms with Crippen LogP contribution in [0.15, 0.2) is 56.6 Å². The monoisotopic (exact) mass is 445 g/mol. The maximum Gasteiger partial charge on any atom is 0.419 e. The van der Waals surface area contributed by atoms with Crippen molar-refractivity contribution in [2.45, 2.75) is 11.3 Å². The summed E-state index contributed by atoms with van der Waals surface area (Å²) in [6.07, 6.45) is 0.230. The Hall–Kier alpha value is -3.11. The second kappa shape index (κ2) is 8.20. The van der Waals surface area contributed by atoms with Gasteiger partial charge >= 0.3 is 5.76 Å². The third-order valence-electron chi connectivity index (χ3n) is 5.48. The molecule has 1 saturated heterocycles. The molecule has 0 bridgehead atoms. The molecule has 4 rings (SSSR count). The van der Waals surface area contributed by atoms with Crippen molar-refractivity contribution >= 4 is 27.0 Å². The molecule has 1 aliphatic heterocycles. The molecule has 1 amide bonds. The van der Waals surface area contributed by atoms with E-state index in [1.165, 1.54) is 21.0 Å². The molecular formula is C21H23N3O6S. The molecule has 0 aliphatic carbocycles. The molecule has 0 radical (unpaired) electrons. The van der Waals surface area contributed by atoms with Crippen LogP contribution in [0, 0.1) is 0 Å². The third kappa shape index (κ3) is 4.08. The summed E-state index contributed by atoms with van der Waals surface area (Å²) >= 11 is 0. The Bertz CT molecular complexity index is 1290. The van der Waals surface area contributed by atoms with Crippen molar-refractivity contribution in [1.82, 2.24) is 13.8 Å². The maximum atomic E-state index is 13.0. The van der Waals surface area contributed by atoms with Crippen molar-refractivity contribution in [3.05, 3.63) is 58.6 Å². The highest BCUT2D eigenvalue weighted by atomic mass is 32.2. The molecule has 1 fully saturated rings. The standard InChI is InChI=1S/C21H23N3O6S/c1-22-18-7-6-17(14-19(18)30-21(22)26)31(27,28)24-10-8-23(9-11-24)20(25)13-15-4-3-5-16(12-15)29-2/h3-7,12,14H,8-11,13H2,1-2H3. The number of fused-ring (bicyclic) bond motifs is 1. The summed E-state index contributed by atoms with van der Waals surface area (Å²) in [7, 11) is -0.634. The molecule has 10 heteroatoms. The molecular weight excluding hydrogens is 422 g/mol. The van der Waals surface area contributed by atoms with Crippen molar-refractivity contribution in [3.63, 3.8) is 0 Å². The van der Waals surface area contributed by atoms with E-state index in [1.54, 1.807) is 25.1 Å². The minimum atomic E-state index is -3.77. The minimum Gasteiger partial charge on any atom is -0.497 e. The van der Waals surface area contributed by atoms with Gasteiger partial charge in [0.15, 0.2) is 5.58 Å². The lowest BCUT2D eigenvalue weighted by molar-refractivity contribution is -0.131. The molecule has 0 spiro atoms. The summed E-state index contributed by atoms with van der Waals surface area (Å²) in [5.74, 6) is 0.0814. The smallest absolute Gasteiger partial charge is 0.419 e. The molecule has 0 unspecified atom stereocenters. The second-order valence-electron chi connectivity index (χ2n) is 7.37. The van der Waals surface area contributed by atoms with Gasteiger partial charge in [-0.2, -0.15) is 4.31 Å². The number of ether oxygens (including phenoxy) is 1. The van der Waals surface area contributed by atoms with Crippen LogP contribution >= 0.6 is 0 Å². The number of aryl methyl sites for hydroxylation is 1. The van der Waals surface area contributed by atoms with Gasteiger partial charge in [0.25, 0.3) is 0 Å². The molecule has 1 aliphatic rings. The molecule has 0 saturated carbocycles. The zero-order valence-corrected chi connectivity index (χ0v) is 18.1. The molecule has 2 heterocycles. The van der Waals surface area contributed by atoms with Crippen LogP contribution in [0.1, 0.15) is 5.56 Å². The largest absolute Gasteiger partial charge is 0.497 e. The Morgan fingerprint density at radius 2 is 1.84 bits per heavy atom. The third-order valence-corrected chi connectivity index (χ3v) is 7.38. The molecule has 164 valence electrons. The average Bonchev–Trinajstić information content (AvgIpc) is 3.07. The van der Waals surface area contributed by atoms with Crippen LogP contribution in [0.3, 0.4) is 0 Å². The number of piperazine rings is 1. The van der Waals surface area contributed by atoms with Gasteiger partial charge in [-0.25, -0.2) is 13.2 Å². The number of nitrogens with zero attached hydrogens (tertiary/aromatic N) is 3. The van der Waals surface area contributed by atoms with Gasteiger partial charge < -0.3 is 14.1 Å². The maximum absolute atomic E-state index is 13.0. The van der Waals surface area contributed by atoms with Crippen molar-refractivity contribution in [2.75, 3.05) is 33.3 Å². The lowest BCUT2D eigenvalue weighted by atomic mass is 10.1.